The number of allylic oxidation sites excluding steroid dienone is 1. The molecule has 3 fully saturated rings. The molecule has 4 aliphatic rings. The number of benzene rings is 1. The van der Waals surface area contributed by atoms with Crippen LogP contribution >= 0.6 is 11.3 Å². The first kappa shape index (κ1) is 43.3. The monoisotopic (exact) mass is 889 g/mol. The number of methoxy groups -OCH3 is 1. The van der Waals surface area contributed by atoms with Gasteiger partial charge >= 0.3 is 0 Å². The summed E-state index contributed by atoms with van der Waals surface area (Å²) in [5.41, 5.74) is 1.28. The van der Waals surface area contributed by atoms with Crippen molar-refractivity contribution in [2.45, 2.75) is 120 Å². The molecular formula is C43H51N7O10S2. The average Bonchev–Trinajstić information content (AvgIpc) is 3.81. The van der Waals surface area contributed by atoms with Crippen LogP contribution in [-0.2, 0) is 29.3 Å². The summed E-state index contributed by atoms with van der Waals surface area (Å²) >= 11 is 1.46. The normalized spacial score (nSPS) is 25.5. The van der Waals surface area contributed by atoms with Gasteiger partial charge in [0.05, 0.1) is 29.6 Å². The number of ether oxygens (including phenoxy) is 1. The van der Waals surface area contributed by atoms with Gasteiger partial charge in [0.1, 0.15) is 46.4 Å². The van der Waals surface area contributed by atoms with E-state index in [9.17, 15) is 27.6 Å². The third-order valence-corrected chi connectivity index (χ3v) is 15.5. The van der Waals surface area contributed by atoms with E-state index in [0.29, 0.717) is 58.8 Å². The summed E-state index contributed by atoms with van der Waals surface area (Å²) in [5, 5.41) is 12.7. The summed E-state index contributed by atoms with van der Waals surface area (Å²) in [6, 6.07) is 4.49. The largest absolute Gasteiger partial charge is 0.496 e. The molecule has 5 atom stereocenters. The molecule has 19 heteroatoms. The Hall–Kier alpha value is -5.40. The molecule has 17 nitrogen and oxygen atoms in total. The van der Waals surface area contributed by atoms with E-state index in [1.165, 1.54) is 28.6 Å². The van der Waals surface area contributed by atoms with E-state index in [1.54, 1.807) is 26.2 Å². The SMILES string of the molecule is COc1ccc2c(OO[C@@H]3C[C@H]4C(=O)N[C@]5(C(=O)NS(=O)(=O)C6(C)CC6)C[C@H]5/C=C\CCCCC[C@H](NC(=O)c5ccon5)C(=O)N4C3)cc(-c3nc(C(C)C)cs3)nc2c1C. The van der Waals surface area contributed by atoms with Gasteiger partial charge in [0, 0.05) is 40.8 Å². The van der Waals surface area contributed by atoms with Gasteiger partial charge in [-0.25, -0.2) is 18.4 Å². The number of hydrogen-bond acceptors (Lipinski definition) is 14. The van der Waals surface area contributed by atoms with Crippen molar-refractivity contribution in [2.75, 3.05) is 13.7 Å². The van der Waals surface area contributed by atoms with E-state index >= 15 is 0 Å². The molecule has 3 N–H and O–H groups in total. The van der Waals surface area contributed by atoms with Crippen molar-refractivity contribution >= 4 is 55.9 Å². The van der Waals surface area contributed by atoms with Crippen LogP contribution in [-0.4, -0.2) is 94.2 Å². The van der Waals surface area contributed by atoms with Gasteiger partial charge in [-0.2, -0.15) is 4.89 Å². The molecule has 0 bridgehead atoms. The third kappa shape index (κ3) is 8.53. The fourth-order valence-corrected chi connectivity index (χ4v) is 10.3. The Bertz CT molecular complexity index is 2520. The van der Waals surface area contributed by atoms with Crippen LogP contribution in [0.4, 0.5) is 0 Å². The van der Waals surface area contributed by atoms with Crippen molar-refractivity contribution in [2.24, 2.45) is 5.92 Å². The van der Waals surface area contributed by atoms with Crippen molar-refractivity contribution in [3.05, 3.63) is 65.0 Å². The number of carbonyl (C=O) groups is 4. The highest BCUT2D eigenvalue weighted by Crippen LogP contribution is 2.48. The Labute approximate surface area is 363 Å². The highest BCUT2D eigenvalue weighted by Gasteiger charge is 2.63. The van der Waals surface area contributed by atoms with Crippen LogP contribution in [0.25, 0.3) is 21.6 Å². The molecule has 4 amide bonds. The number of sulfonamides is 1. The number of aryl methyl sites for hydroxylation is 1. The molecule has 2 aliphatic carbocycles. The van der Waals surface area contributed by atoms with Crippen LogP contribution in [0.2, 0.25) is 0 Å². The molecule has 1 aromatic carbocycles. The molecule has 8 rings (SSSR count). The molecule has 62 heavy (non-hydrogen) atoms. The number of nitrogens with zero attached hydrogens (tertiary/aromatic N) is 4. The topological polar surface area (TPSA) is 221 Å². The van der Waals surface area contributed by atoms with Gasteiger partial charge < -0.3 is 29.7 Å². The van der Waals surface area contributed by atoms with Crippen LogP contribution in [0, 0.1) is 12.8 Å². The van der Waals surface area contributed by atoms with Crippen LogP contribution < -0.4 is 25.0 Å². The first-order valence-electron chi connectivity index (χ1n) is 21.0. The second-order valence-electron chi connectivity index (χ2n) is 17.2. The minimum atomic E-state index is -4.03. The van der Waals surface area contributed by atoms with E-state index in [2.05, 4.69) is 34.4 Å². The molecule has 4 aromatic rings. The lowest BCUT2D eigenvalue weighted by Crippen LogP contribution is -2.58. The fraction of sp³-hybridized carbons (Fsp3) is 0.512. The predicted molar refractivity (Wildman–Crippen MR) is 228 cm³/mol. The van der Waals surface area contributed by atoms with E-state index in [-0.39, 0.29) is 37.4 Å². The zero-order valence-electron chi connectivity index (χ0n) is 35.3. The zero-order chi connectivity index (χ0) is 44.0. The molecule has 330 valence electrons. The number of aromatic nitrogens is 3. The Kier molecular flexibility index (Phi) is 11.9. The maximum Gasteiger partial charge on any atom is 0.274 e. The Morgan fingerprint density at radius 3 is 2.61 bits per heavy atom. The number of rotatable bonds is 11. The lowest BCUT2D eigenvalue weighted by Gasteiger charge is -2.30. The first-order valence-corrected chi connectivity index (χ1v) is 23.3. The first-order chi connectivity index (χ1) is 29.6. The van der Waals surface area contributed by atoms with Crippen molar-refractivity contribution in [1.82, 2.24) is 35.4 Å². The lowest BCUT2D eigenvalue weighted by molar-refractivity contribution is -0.239. The number of hydrogen-bond donors (Lipinski definition) is 3. The number of pyridine rings is 1. The van der Waals surface area contributed by atoms with Gasteiger partial charge in [-0.05, 0) is 70.4 Å². The van der Waals surface area contributed by atoms with Gasteiger partial charge in [-0.3, -0.25) is 23.9 Å². The summed E-state index contributed by atoms with van der Waals surface area (Å²) in [6.45, 7) is 7.48. The summed E-state index contributed by atoms with van der Waals surface area (Å²) in [6.07, 6.45) is 8.15. The molecule has 2 saturated carbocycles. The quantitative estimate of drug-likeness (QED) is 0.0996. The minimum Gasteiger partial charge on any atom is -0.496 e. The number of carbonyl (C=O) groups excluding carboxylic acids is 4. The van der Waals surface area contributed by atoms with Crippen molar-refractivity contribution in [3.8, 4) is 22.2 Å². The standard InChI is InChI=1S/C43H51N7O10S2/c1-24(2)32-23-61-39(46-32)31-20-35(28-13-14-34(57-5)25(3)36(28)44-31)60-59-27-19-33-38(52)47-43(41(54)49-62(55,56)42(4)16-17-42)21-26(43)11-9-7-6-8-10-12-30(40(53)50(33)22-27)45-37(51)29-15-18-58-48-29/h9,11,13-15,18,20,23-24,26-27,30,33H,6-8,10,12,16-17,19,21-22H2,1-5H3,(H,45,51)(H,47,52)(H,49,54)/b11-9-/t26-,27-,30+,33+,43-/m1/s1. The van der Waals surface area contributed by atoms with Gasteiger partial charge in [0.15, 0.2) is 11.4 Å². The van der Waals surface area contributed by atoms with Crippen LogP contribution in [0.15, 0.2) is 52.6 Å². The number of thiazole rings is 1. The molecule has 0 radical (unpaired) electrons. The maximum atomic E-state index is 14.7. The predicted octanol–water partition coefficient (Wildman–Crippen LogP) is 5.26. The van der Waals surface area contributed by atoms with Gasteiger partial charge in [-0.15, -0.1) is 11.3 Å². The van der Waals surface area contributed by atoms with Crippen molar-refractivity contribution in [3.63, 3.8) is 0 Å². The van der Waals surface area contributed by atoms with E-state index in [0.717, 1.165) is 24.1 Å². The molecule has 3 aromatic heterocycles. The summed E-state index contributed by atoms with van der Waals surface area (Å²) in [4.78, 5) is 79.8. The second kappa shape index (κ2) is 17.0. The fourth-order valence-electron chi connectivity index (χ4n) is 8.06. The highest BCUT2D eigenvalue weighted by atomic mass is 32.2. The minimum absolute atomic E-state index is 0.0122. The highest BCUT2D eigenvalue weighted by molar-refractivity contribution is 7.91. The van der Waals surface area contributed by atoms with Gasteiger partial charge in [0.25, 0.3) is 11.8 Å². The van der Waals surface area contributed by atoms with E-state index in [4.69, 9.17) is 29.0 Å². The summed E-state index contributed by atoms with van der Waals surface area (Å²) in [7, 11) is -2.44. The Balaban J connectivity index is 1.10. The maximum absolute atomic E-state index is 14.7. The summed E-state index contributed by atoms with van der Waals surface area (Å²) < 4.78 is 38.1. The number of fused-ring (bicyclic) bond motifs is 3. The third-order valence-electron chi connectivity index (χ3n) is 12.4. The smallest absolute Gasteiger partial charge is 0.274 e. The van der Waals surface area contributed by atoms with Gasteiger partial charge in [0.2, 0.25) is 21.8 Å². The van der Waals surface area contributed by atoms with E-state index in [1.807, 2.05) is 30.5 Å². The Morgan fingerprint density at radius 1 is 1.10 bits per heavy atom. The molecule has 1 saturated heterocycles. The van der Waals surface area contributed by atoms with Crippen LogP contribution in [0.3, 0.4) is 0 Å². The van der Waals surface area contributed by atoms with Crippen LogP contribution in [0.1, 0.15) is 106 Å². The number of nitrogens with one attached hydrogen (secondary N) is 3. The average molecular weight is 890 g/mol. The molecular weight excluding hydrogens is 839 g/mol. The molecule has 0 unspecified atom stereocenters. The van der Waals surface area contributed by atoms with Crippen LogP contribution in [0.5, 0.6) is 11.5 Å². The second-order valence-corrected chi connectivity index (χ2v) is 20.3. The van der Waals surface area contributed by atoms with Crippen molar-refractivity contribution < 1.29 is 46.6 Å². The zero-order valence-corrected chi connectivity index (χ0v) is 36.9. The molecule has 0 spiro atoms. The van der Waals surface area contributed by atoms with E-state index < -0.39 is 68.0 Å². The lowest BCUT2D eigenvalue weighted by atomic mass is 10.0. The van der Waals surface area contributed by atoms with Crippen molar-refractivity contribution in [1.29, 1.82) is 0 Å². The van der Waals surface area contributed by atoms with Gasteiger partial charge in [-0.1, -0.05) is 44.0 Å². The Morgan fingerprint density at radius 2 is 1.90 bits per heavy atom. The molecule has 5 heterocycles. The summed E-state index contributed by atoms with van der Waals surface area (Å²) in [5.74, 6) is -1.97. The number of amides is 4. The molecule has 2 aliphatic heterocycles.